The molecule has 0 saturated carbocycles. The number of amides is 2. The molecule has 13 atom stereocenters. The van der Waals surface area contributed by atoms with Gasteiger partial charge in [-0.1, -0.05) is 20.3 Å². The Balaban J connectivity index is 1.78. The highest BCUT2D eigenvalue weighted by molar-refractivity contribution is 7.45. The second-order valence-corrected chi connectivity index (χ2v) is 12.3. The largest absolute Gasteiger partial charge is 0.756 e. The predicted molar refractivity (Wildman–Crippen MR) is 145 cm³/mol. The van der Waals surface area contributed by atoms with Crippen molar-refractivity contribution in [3.63, 3.8) is 0 Å². The first-order chi connectivity index (χ1) is 21.0. The maximum Gasteiger partial charge on any atom is 0.364 e. The van der Waals surface area contributed by atoms with Gasteiger partial charge in [0.15, 0.2) is 6.04 Å². The number of nitrogens with two attached hydrogens (primary N) is 1. The fourth-order valence-corrected chi connectivity index (χ4v) is 6.01. The van der Waals surface area contributed by atoms with E-state index in [1.54, 1.807) is 6.92 Å². The van der Waals surface area contributed by atoms with E-state index in [9.17, 15) is 59.6 Å². The number of nitrogens with zero attached hydrogens (tertiary/aromatic N) is 2. The number of nitrogens with one attached hydrogen (secondary N) is 1. The normalized spacial score (nSPS) is 36.9. The molecule has 2 saturated heterocycles. The lowest BCUT2D eigenvalue weighted by atomic mass is 9.88. The molecule has 3 aliphatic heterocycles. The third-order valence-corrected chi connectivity index (χ3v) is 8.51. The summed E-state index contributed by atoms with van der Waals surface area (Å²) in [6.45, 7) is 1.23. The highest BCUT2D eigenvalue weighted by Gasteiger charge is 2.58. The number of carboxylic acids is 1. The van der Waals surface area contributed by atoms with Gasteiger partial charge in [0.05, 0.1) is 31.6 Å². The van der Waals surface area contributed by atoms with Crippen molar-refractivity contribution in [2.24, 2.45) is 21.6 Å². The average Bonchev–Trinajstić information content (AvgIpc) is 3.24. The number of carbonyl (C=O) groups excluding carboxylic acids is 2. The SMILES string of the molecule is CCCC(C)C(=O)NC1C(O)CC(OP(=O)([O-])OC[C@H]2O[C@@H](C3N=CC(N)=NC3=O)[C@H](O)[C@@H]2O)(C(=O)O)OC1C(O)C(O)CO. The van der Waals surface area contributed by atoms with E-state index in [2.05, 4.69) is 15.3 Å². The van der Waals surface area contributed by atoms with Crippen LogP contribution in [0.3, 0.4) is 0 Å². The summed E-state index contributed by atoms with van der Waals surface area (Å²) < 4.78 is 33.0. The fraction of sp³-hybridized carbons (Fsp3) is 0.792. The van der Waals surface area contributed by atoms with Crippen LogP contribution in [-0.2, 0) is 37.5 Å². The van der Waals surface area contributed by atoms with Gasteiger partial charge in [0.25, 0.3) is 19.5 Å². The zero-order chi connectivity index (χ0) is 33.9. The molecule has 45 heavy (non-hydrogen) atoms. The quantitative estimate of drug-likeness (QED) is 0.0781. The standard InChI is InChI=1S/C24H39N4O16P/c1-3-4-9(2)21(35)28-14-10(30)5-24(23(37)38,43-20(14)16(32)11(31)7-29)44-45(39,40)41-8-12-17(33)18(34)19(42-12)15-22(36)27-13(25)6-26-15/h6,9-12,14-20,29-34H,3-5,7-8H2,1-2H3,(H,28,35)(H,37,38)(H,39,40)(H2,25,27,36)/p-1/t9?,10?,11?,12-,14?,15?,16?,17-,18-,19+,20?,24?/m1/s1. The maximum atomic E-state index is 12.8. The number of ether oxygens (including phenoxy) is 2. The summed E-state index contributed by atoms with van der Waals surface area (Å²) in [6.07, 6.45) is -13.9. The smallest absolute Gasteiger partial charge is 0.364 e. The Hall–Kier alpha value is -2.46. The Kier molecular flexibility index (Phi) is 12.3. The topological polar surface area (TPSA) is 333 Å². The van der Waals surface area contributed by atoms with Crippen molar-refractivity contribution in [3.05, 3.63) is 0 Å². The number of aliphatic hydroxyl groups excluding tert-OH is 6. The van der Waals surface area contributed by atoms with Gasteiger partial charge in [-0.05, 0) is 6.42 Å². The van der Waals surface area contributed by atoms with Crippen molar-refractivity contribution in [3.8, 4) is 0 Å². The minimum Gasteiger partial charge on any atom is -0.756 e. The van der Waals surface area contributed by atoms with Crippen molar-refractivity contribution in [1.82, 2.24) is 5.32 Å². The Bertz CT molecular complexity index is 1210. The number of phosphoric ester groups is 1. The number of aliphatic imine (C=N–C) groups is 2. The summed E-state index contributed by atoms with van der Waals surface area (Å²) in [5, 5.41) is 74.0. The maximum absolute atomic E-state index is 12.8. The summed E-state index contributed by atoms with van der Waals surface area (Å²) in [6, 6.07) is -3.02. The molecule has 20 nitrogen and oxygen atoms in total. The van der Waals surface area contributed by atoms with Crippen molar-refractivity contribution in [2.45, 2.75) is 99.8 Å². The molecule has 2 amide bonds. The first-order valence-corrected chi connectivity index (χ1v) is 15.4. The second-order valence-electron chi connectivity index (χ2n) is 10.9. The van der Waals surface area contributed by atoms with Gasteiger partial charge < -0.3 is 65.7 Å². The van der Waals surface area contributed by atoms with Crippen LogP contribution in [0, 0.1) is 5.92 Å². The number of hydrogen-bond donors (Lipinski definition) is 9. The molecule has 0 aromatic heterocycles. The molecular formula is C24H38N4O16P-. The van der Waals surface area contributed by atoms with Gasteiger partial charge in [-0.3, -0.25) is 23.7 Å². The molecule has 0 aromatic rings. The number of aliphatic hydroxyl groups is 6. The highest BCUT2D eigenvalue weighted by Crippen LogP contribution is 2.48. The van der Waals surface area contributed by atoms with Gasteiger partial charge in [0, 0.05) is 12.3 Å². The second kappa shape index (κ2) is 15.0. The molecule has 10 N–H and O–H groups in total. The predicted octanol–water partition coefficient (Wildman–Crippen LogP) is -5.12. The van der Waals surface area contributed by atoms with Crippen molar-refractivity contribution >= 4 is 37.7 Å². The Morgan fingerprint density at radius 2 is 1.96 bits per heavy atom. The summed E-state index contributed by atoms with van der Waals surface area (Å²) in [4.78, 5) is 57.3. The third kappa shape index (κ3) is 8.47. The molecule has 21 heteroatoms. The summed E-state index contributed by atoms with van der Waals surface area (Å²) >= 11 is 0. The number of amidine groups is 1. The summed E-state index contributed by atoms with van der Waals surface area (Å²) in [5.74, 6) is -7.75. The number of aliphatic carboxylic acids is 1. The lowest BCUT2D eigenvalue weighted by Crippen LogP contribution is -2.68. The lowest BCUT2D eigenvalue weighted by molar-refractivity contribution is -0.313. The van der Waals surface area contributed by atoms with E-state index in [4.69, 9.17) is 24.3 Å². The van der Waals surface area contributed by atoms with Gasteiger partial charge in [0.1, 0.15) is 48.6 Å². The minimum atomic E-state index is -5.79. The van der Waals surface area contributed by atoms with Crippen LogP contribution in [0.1, 0.15) is 33.1 Å². The monoisotopic (exact) mass is 669 g/mol. The average molecular weight is 670 g/mol. The van der Waals surface area contributed by atoms with Crippen LogP contribution < -0.4 is 15.9 Å². The zero-order valence-corrected chi connectivity index (χ0v) is 25.1. The van der Waals surface area contributed by atoms with Gasteiger partial charge in [-0.25, -0.2) is 4.79 Å². The molecule has 0 bridgehead atoms. The first kappa shape index (κ1) is 37.0. The van der Waals surface area contributed by atoms with Crippen molar-refractivity contribution < 1.29 is 78.1 Å². The molecule has 3 rings (SSSR count). The molecule has 3 heterocycles. The van der Waals surface area contributed by atoms with Crippen LogP contribution in [0.15, 0.2) is 9.98 Å². The van der Waals surface area contributed by atoms with Crippen LogP contribution in [0.4, 0.5) is 0 Å². The zero-order valence-electron chi connectivity index (χ0n) is 24.2. The Morgan fingerprint density at radius 3 is 2.53 bits per heavy atom. The van der Waals surface area contributed by atoms with Crippen LogP contribution in [0.2, 0.25) is 0 Å². The van der Waals surface area contributed by atoms with E-state index >= 15 is 0 Å². The molecule has 9 unspecified atom stereocenters. The Labute approximate surface area is 256 Å². The van der Waals surface area contributed by atoms with E-state index < -0.39 is 118 Å². The first-order valence-electron chi connectivity index (χ1n) is 13.9. The van der Waals surface area contributed by atoms with Crippen molar-refractivity contribution in [2.75, 3.05) is 13.2 Å². The number of phosphoric acid groups is 1. The summed E-state index contributed by atoms with van der Waals surface area (Å²) in [7, 11) is -5.79. The van der Waals surface area contributed by atoms with Gasteiger partial charge >= 0.3 is 5.97 Å². The van der Waals surface area contributed by atoms with Gasteiger partial charge in [-0.2, -0.15) is 4.99 Å². The summed E-state index contributed by atoms with van der Waals surface area (Å²) in [5.41, 5.74) is 5.39. The molecule has 0 aliphatic carbocycles. The fourth-order valence-electron chi connectivity index (χ4n) is 5.07. The third-order valence-electron chi connectivity index (χ3n) is 7.52. The molecule has 2 fully saturated rings. The van der Waals surface area contributed by atoms with E-state index in [0.717, 1.165) is 6.21 Å². The van der Waals surface area contributed by atoms with Crippen LogP contribution in [0.25, 0.3) is 0 Å². The van der Waals surface area contributed by atoms with Crippen LogP contribution in [0.5, 0.6) is 0 Å². The van der Waals surface area contributed by atoms with E-state index in [0.29, 0.717) is 12.8 Å². The van der Waals surface area contributed by atoms with E-state index in [1.807, 2.05) is 6.92 Å². The van der Waals surface area contributed by atoms with E-state index in [-0.39, 0.29) is 5.84 Å². The van der Waals surface area contributed by atoms with Crippen LogP contribution in [-0.4, -0.2) is 145 Å². The lowest BCUT2D eigenvalue weighted by Gasteiger charge is -2.47. The van der Waals surface area contributed by atoms with Gasteiger partial charge in [0.2, 0.25) is 5.91 Å². The van der Waals surface area contributed by atoms with Gasteiger partial charge in [-0.15, -0.1) is 0 Å². The molecular weight excluding hydrogens is 631 g/mol. The molecule has 3 aliphatic rings. The highest BCUT2D eigenvalue weighted by atomic mass is 31.2. The number of rotatable bonds is 14. The number of carbonyl (C=O) groups is 3. The Morgan fingerprint density at radius 1 is 1.29 bits per heavy atom. The van der Waals surface area contributed by atoms with Crippen molar-refractivity contribution in [1.29, 1.82) is 0 Å². The van der Waals surface area contributed by atoms with E-state index in [1.165, 1.54) is 0 Å². The minimum absolute atomic E-state index is 0.212. The molecule has 0 aromatic carbocycles. The molecule has 0 radical (unpaired) electrons. The molecule has 256 valence electrons. The molecule has 0 spiro atoms. The number of carboxylic acid groups (broad SMARTS) is 1. The van der Waals surface area contributed by atoms with Crippen LogP contribution >= 0.6 is 7.82 Å². The number of hydrogen-bond acceptors (Lipinski definition) is 17.